The average molecular weight is 246 g/mol. The molecule has 0 aromatic rings. The highest BCUT2D eigenvalue weighted by atomic mass is 16.5. The fourth-order valence-electron chi connectivity index (χ4n) is 1.33. The Morgan fingerprint density at radius 2 is 2.00 bits per heavy atom. The van der Waals surface area contributed by atoms with E-state index in [1.165, 1.54) is 0 Å². The predicted molar refractivity (Wildman–Crippen MR) is 67.9 cm³/mol. The van der Waals surface area contributed by atoms with E-state index in [0.717, 1.165) is 6.42 Å². The average Bonchev–Trinajstić information content (AvgIpc) is 2.23. The molecule has 0 rings (SSSR count). The van der Waals surface area contributed by atoms with Crippen molar-refractivity contribution in [1.29, 1.82) is 0 Å². The van der Waals surface area contributed by atoms with Crippen LogP contribution in [0.1, 0.15) is 34.1 Å². The number of aliphatic hydroxyl groups excluding tert-OH is 1. The van der Waals surface area contributed by atoms with Gasteiger partial charge >= 0.3 is 0 Å². The molecule has 0 aliphatic heterocycles. The van der Waals surface area contributed by atoms with Crippen LogP contribution in [0.5, 0.6) is 0 Å². The number of rotatable bonds is 8. The molecule has 0 bridgehead atoms. The fourth-order valence-corrected chi connectivity index (χ4v) is 1.33. The fraction of sp³-hybridized carbons (Fsp3) is 0.917. The number of carbonyl (C=O) groups excluding carboxylic acids is 1. The molecule has 0 fully saturated rings. The van der Waals surface area contributed by atoms with E-state index in [0.29, 0.717) is 13.2 Å². The summed E-state index contributed by atoms with van der Waals surface area (Å²) in [6.45, 7) is 8.47. The Labute approximate surface area is 104 Å². The molecule has 0 aromatic carbocycles. The van der Waals surface area contributed by atoms with Crippen molar-refractivity contribution in [2.75, 3.05) is 20.3 Å². The molecule has 5 nitrogen and oxygen atoms in total. The molecule has 5 heteroatoms. The molecule has 17 heavy (non-hydrogen) atoms. The summed E-state index contributed by atoms with van der Waals surface area (Å²) in [5.41, 5.74) is -0.483. The standard InChI is InChI=1S/C12H26N2O3/c1-9(14-12(3,4)10(2)15)11(16)13-7-6-8-17-5/h9-10,14-15H,6-8H2,1-5H3,(H,13,16). The number of hydrogen-bond donors (Lipinski definition) is 3. The van der Waals surface area contributed by atoms with Crippen LogP contribution in [0, 0.1) is 0 Å². The zero-order chi connectivity index (χ0) is 13.5. The van der Waals surface area contributed by atoms with Crippen LogP contribution in [0.15, 0.2) is 0 Å². The minimum atomic E-state index is -0.522. The first-order valence-electron chi connectivity index (χ1n) is 6.03. The van der Waals surface area contributed by atoms with Crippen molar-refractivity contribution in [3.05, 3.63) is 0 Å². The molecule has 0 heterocycles. The highest BCUT2D eigenvalue weighted by Crippen LogP contribution is 2.09. The Balaban J connectivity index is 3.97. The Morgan fingerprint density at radius 3 is 2.47 bits per heavy atom. The van der Waals surface area contributed by atoms with Gasteiger partial charge in [-0.15, -0.1) is 0 Å². The number of hydrogen-bond acceptors (Lipinski definition) is 4. The minimum Gasteiger partial charge on any atom is -0.392 e. The lowest BCUT2D eigenvalue weighted by atomic mass is 9.97. The van der Waals surface area contributed by atoms with Crippen LogP contribution in [0.2, 0.25) is 0 Å². The van der Waals surface area contributed by atoms with Gasteiger partial charge in [-0.25, -0.2) is 0 Å². The summed E-state index contributed by atoms with van der Waals surface area (Å²) in [4.78, 5) is 11.7. The summed E-state index contributed by atoms with van der Waals surface area (Å²) < 4.78 is 4.90. The van der Waals surface area contributed by atoms with Gasteiger partial charge in [0, 0.05) is 25.8 Å². The molecule has 2 atom stereocenters. The first-order chi connectivity index (χ1) is 7.81. The first-order valence-corrected chi connectivity index (χ1v) is 6.03. The van der Waals surface area contributed by atoms with E-state index in [2.05, 4.69) is 10.6 Å². The molecule has 1 amide bonds. The highest BCUT2D eigenvalue weighted by Gasteiger charge is 2.27. The van der Waals surface area contributed by atoms with Crippen molar-refractivity contribution in [2.45, 2.75) is 51.8 Å². The van der Waals surface area contributed by atoms with Crippen LogP contribution in [0.25, 0.3) is 0 Å². The Morgan fingerprint density at radius 1 is 1.41 bits per heavy atom. The number of nitrogens with one attached hydrogen (secondary N) is 2. The number of aliphatic hydroxyl groups is 1. The largest absolute Gasteiger partial charge is 0.392 e. The molecule has 0 aliphatic carbocycles. The van der Waals surface area contributed by atoms with Crippen LogP contribution < -0.4 is 10.6 Å². The summed E-state index contributed by atoms with van der Waals surface area (Å²) in [5, 5.41) is 15.5. The van der Waals surface area contributed by atoms with Gasteiger partial charge in [-0.3, -0.25) is 10.1 Å². The molecule has 0 aromatic heterocycles. The van der Waals surface area contributed by atoms with Crippen molar-refractivity contribution in [2.24, 2.45) is 0 Å². The van der Waals surface area contributed by atoms with Crippen molar-refractivity contribution in [3.8, 4) is 0 Å². The van der Waals surface area contributed by atoms with E-state index in [9.17, 15) is 9.90 Å². The maximum atomic E-state index is 11.7. The topological polar surface area (TPSA) is 70.6 Å². The summed E-state index contributed by atoms with van der Waals surface area (Å²) in [6.07, 6.45) is 0.278. The Bertz CT molecular complexity index is 230. The van der Waals surface area contributed by atoms with Crippen LogP contribution in [0.3, 0.4) is 0 Å². The minimum absolute atomic E-state index is 0.0603. The third kappa shape index (κ3) is 6.61. The van der Waals surface area contributed by atoms with Crippen molar-refractivity contribution in [3.63, 3.8) is 0 Å². The van der Waals surface area contributed by atoms with Crippen molar-refractivity contribution in [1.82, 2.24) is 10.6 Å². The van der Waals surface area contributed by atoms with Crippen molar-refractivity contribution >= 4 is 5.91 Å². The monoisotopic (exact) mass is 246 g/mol. The maximum absolute atomic E-state index is 11.7. The van der Waals surface area contributed by atoms with Crippen LogP contribution >= 0.6 is 0 Å². The van der Waals surface area contributed by atoms with E-state index in [1.54, 1.807) is 21.0 Å². The lowest BCUT2D eigenvalue weighted by Crippen LogP contribution is -2.56. The van der Waals surface area contributed by atoms with Gasteiger partial charge in [0.1, 0.15) is 0 Å². The molecule has 0 saturated heterocycles. The second-order valence-corrected chi connectivity index (χ2v) is 4.90. The summed E-state index contributed by atoms with van der Waals surface area (Å²) >= 11 is 0. The smallest absolute Gasteiger partial charge is 0.236 e. The number of ether oxygens (including phenoxy) is 1. The number of carbonyl (C=O) groups is 1. The normalized spacial score (nSPS) is 15.4. The first kappa shape index (κ1) is 16.4. The van der Waals surface area contributed by atoms with Gasteiger partial charge in [-0.1, -0.05) is 0 Å². The molecular weight excluding hydrogens is 220 g/mol. The maximum Gasteiger partial charge on any atom is 0.236 e. The molecule has 0 radical (unpaired) electrons. The van der Waals surface area contributed by atoms with E-state index < -0.39 is 11.6 Å². The molecule has 102 valence electrons. The molecule has 0 aliphatic rings. The number of methoxy groups -OCH3 is 1. The molecule has 2 unspecified atom stereocenters. The summed E-state index contributed by atoms with van der Waals surface area (Å²) in [5.74, 6) is -0.0603. The summed E-state index contributed by atoms with van der Waals surface area (Å²) in [7, 11) is 1.64. The Hall–Kier alpha value is -0.650. The zero-order valence-electron chi connectivity index (χ0n) is 11.5. The molecule has 3 N–H and O–H groups in total. The van der Waals surface area contributed by atoms with E-state index in [-0.39, 0.29) is 11.9 Å². The Kier molecular flexibility index (Phi) is 7.34. The third-order valence-electron chi connectivity index (χ3n) is 2.85. The van der Waals surface area contributed by atoms with Gasteiger partial charge in [0.15, 0.2) is 0 Å². The van der Waals surface area contributed by atoms with Gasteiger partial charge in [-0.05, 0) is 34.1 Å². The van der Waals surface area contributed by atoms with E-state index in [4.69, 9.17) is 4.74 Å². The predicted octanol–water partition coefficient (Wildman–Crippen LogP) is 0.277. The third-order valence-corrected chi connectivity index (χ3v) is 2.85. The van der Waals surface area contributed by atoms with Crippen LogP contribution in [0.4, 0.5) is 0 Å². The van der Waals surface area contributed by atoms with Gasteiger partial charge in [0.25, 0.3) is 0 Å². The molecular formula is C12H26N2O3. The van der Waals surface area contributed by atoms with Gasteiger partial charge < -0.3 is 15.2 Å². The van der Waals surface area contributed by atoms with Gasteiger partial charge in [-0.2, -0.15) is 0 Å². The second-order valence-electron chi connectivity index (χ2n) is 4.90. The van der Waals surface area contributed by atoms with E-state index in [1.807, 2.05) is 13.8 Å². The second kappa shape index (κ2) is 7.63. The van der Waals surface area contributed by atoms with E-state index >= 15 is 0 Å². The molecule has 0 saturated carbocycles. The lowest BCUT2D eigenvalue weighted by Gasteiger charge is -2.32. The highest BCUT2D eigenvalue weighted by molar-refractivity contribution is 5.81. The van der Waals surface area contributed by atoms with Gasteiger partial charge in [0.2, 0.25) is 5.91 Å². The molecule has 0 spiro atoms. The number of amides is 1. The van der Waals surface area contributed by atoms with Gasteiger partial charge in [0.05, 0.1) is 12.1 Å². The van der Waals surface area contributed by atoms with Crippen LogP contribution in [-0.4, -0.2) is 49.0 Å². The van der Waals surface area contributed by atoms with Crippen molar-refractivity contribution < 1.29 is 14.6 Å². The SMILES string of the molecule is COCCCNC(=O)C(C)NC(C)(C)C(C)O. The lowest BCUT2D eigenvalue weighted by molar-refractivity contribution is -0.123. The zero-order valence-corrected chi connectivity index (χ0v) is 11.5. The summed E-state index contributed by atoms with van der Waals surface area (Å²) in [6, 6.07) is -0.331. The quantitative estimate of drug-likeness (QED) is 0.538. The van der Waals surface area contributed by atoms with Crippen LogP contribution in [-0.2, 0) is 9.53 Å².